The first-order chi connectivity index (χ1) is 7.84. The number of allylic oxidation sites excluding steroid dienone is 5. The third kappa shape index (κ3) is 1.47. The van der Waals surface area contributed by atoms with Crippen molar-refractivity contribution in [1.29, 1.82) is 0 Å². The molecule has 2 heterocycles. The van der Waals surface area contributed by atoms with Gasteiger partial charge in [0.2, 0.25) is 0 Å². The van der Waals surface area contributed by atoms with Gasteiger partial charge in [-0.2, -0.15) is 0 Å². The van der Waals surface area contributed by atoms with Gasteiger partial charge in [0.05, 0.1) is 5.76 Å². The van der Waals surface area contributed by atoms with Crippen molar-refractivity contribution in [3.05, 3.63) is 47.2 Å². The van der Waals surface area contributed by atoms with E-state index < -0.39 is 0 Å². The monoisotopic (exact) mass is 231 g/mol. The van der Waals surface area contributed by atoms with Crippen LogP contribution in [0.1, 0.15) is 12.1 Å². The fraction of sp³-hybridized carbons (Fsp3) is 0.0833. The standard InChI is InChI=1S/C12H9NO2S/c14-9-4-2-1-3-8(7-9)11-12-10(15-13-11)5-6-16-12/h1-6,14H,7H2. The quantitative estimate of drug-likeness (QED) is 0.814. The second-order valence-electron chi connectivity index (χ2n) is 3.56. The summed E-state index contributed by atoms with van der Waals surface area (Å²) in [5.74, 6) is 0.340. The molecule has 0 amide bonds. The molecule has 4 heteroatoms. The highest BCUT2D eigenvalue weighted by Gasteiger charge is 2.15. The van der Waals surface area contributed by atoms with Crippen LogP contribution >= 0.6 is 11.3 Å². The number of fused-ring (bicyclic) bond motifs is 1. The van der Waals surface area contributed by atoms with Crippen LogP contribution in [0.3, 0.4) is 0 Å². The first-order valence-corrected chi connectivity index (χ1v) is 5.81. The van der Waals surface area contributed by atoms with Gasteiger partial charge in [-0.3, -0.25) is 0 Å². The summed E-state index contributed by atoms with van der Waals surface area (Å²) < 4.78 is 6.25. The molecular weight excluding hydrogens is 222 g/mol. The molecule has 0 saturated carbocycles. The largest absolute Gasteiger partial charge is 0.512 e. The van der Waals surface area contributed by atoms with Crippen LogP contribution in [0.25, 0.3) is 15.9 Å². The Labute approximate surface area is 96.0 Å². The number of rotatable bonds is 1. The third-order valence-electron chi connectivity index (χ3n) is 2.45. The summed E-state index contributed by atoms with van der Waals surface area (Å²) in [4.78, 5) is 0. The van der Waals surface area contributed by atoms with Crippen molar-refractivity contribution in [2.75, 3.05) is 0 Å². The summed E-state index contributed by atoms with van der Waals surface area (Å²) in [6.07, 6.45) is 7.85. The van der Waals surface area contributed by atoms with Gasteiger partial charge in [-0.1, -0.05) is 23.4 Å². The average Bonchev–Trinajstić information content (AvgIpc) is 2.79. The summed E-state index contributed by atoms with van der Waals surface area (Å²) in [7, 11) is 0. The van der Waals surface area contributed by atoms with Gasteiger partial charge < -0.3 is 9.63 Å². The molecule has 2 aromatic rings. The van der Waals surface area contributed by atoms with E-state index in [1.165, 1.54) is 0 Å². The van der Waals surface area contributed by atoms with Crippen LogP contribution in [-0.2, 0) is 0 Å². The Bertz CT molecular complexity index is 616. The first-order valence-electron chi connectivity index (χ1n) is 4.93. The molecule has 0 saturated heterocycles. The number of aromatic nitrogens is 1. The van der Waals surface area contributed by atoms with Gasteiger partial charge in [-0.25, -0.2) is 0 Å². The second kappa shape index (κ2) is 3.64. The van der Waals surface area contributed by atoms with Crippen molar-refractivity contribution in [2.45, 2.75) is 6.42 Å². The van der Waals surface area contributed by atoms with E-state index in [0.29, 0.717) is 12.2 Å². The van der Waals surface area contributed by atoms with E-state index in [9.17, 15) is 5.11 Å². The maximum Gasteiger partial charge on any atom is 0.178 e. The SMILES string of the molecule is OC1=CC=CC=C(c2noc3ccsc23)C1. The van der Waals surface area contributed by atoms with Crippen molar-refractivity contribution < 1.29 is 9.63 Å². The minimum absolute atomic E-state index is 0.340. The normalized spacial score (nSPS) is 16.0. The van der Waals surface area contributed by atoms with Crippen molar-refractivity contribution in [3.8, 4) is 0 Å². The van der Waals surface area contributed by atoms with Crippen LogP contribution < -0.4 is 0 Å². The number of hydrogen-bond acceptors (Lipinski definition) is 4. The molecule has 0 fully saturated rings. The third-order valence-corrected chi connectivity index (χ3v) is 3.35. The van der Waals surface area contributed by atoms with Crippen LogP contribution in [0.4, 0.5) is 0 Å². The number of aliphatic hydroxyl groups is 1. The van der Waals surface area contributed by atoms with Crippen LogP contribution in [-0.4, -0.2) is 10.3 Å². The summed E-state index contributed by atoms with van der Waals surface area (Å²) in [5.41, 5.74) is 2.61. The highest BCUT2D eigenvalue weighted by Crippen LogP contribution is 2.32. The van der Waals surface area contributed by atoms with Crippen molar-refractivity contribution in [2.24, 2.45) is 0 Å². The van der Waals surface area contributed by atoms with E-state index in [-0.39, 0.29) is 0 Å². The summed E-state index contributed by atoms with van der Waals surface area (Å²) in [6, 6.07) is 1.90. The van der Waals surface area contributed by atoms with Crippen LogP contribution in [0, 0.1) is 0 Å². The molecule has 0 aromatic carbocycles. The molecule has 1 N–H and O–H groups in total. The Hall–Kier alpha value is -1.81. The lowest BCUT2D eigenvalue weighted by Gasteiger charge is -2.00. The summed E-state index contributed by atoms with van der Waals surface area (Å²) >= 11 is 1.60. The van der Waals surface area contributed by atoms with E-state index in [1.54, 1.807) is 17.4 Å². The Morgan fingerprint density at radius 2 is 2.19 bits per heavy atom. The smallest absolute Gasteiger partial charge is 0.178 e. The first kappa shape index (κ1) is 9.42. The zero-order chi connectivity index (χ0) is 11.0. The van der Waals surface area contributed by atoms with E-state index in [4.69, 9.17) is 4.52 Å². The minimum atomic E-state index is 0.340. The Morgan fingerprint density at radius 1 is 1.31 bits per heavy atom. The predicted octanol–water partition coefficient (Wildman–Crippen LogP) is 3.67. The molecule has 0 bridgehead atoms. The highest BCUT2D eigenvalue weighted by molar-refractivity contribution is 7.17. The fourth-order valence-electron chi connectivity index (χ4n) is 1.70. The van der Waals surface area contributed by atoms with Gasteiger partial charge in [0, 0.05) is 6.42 Å². The molecule has 3 nitrogen and oxygen atoms in total. The van der Waals surface area contributed by atoms with E-state index in [2.05, 4.69) is 5.16 Å². The van der Waals surface area contributed by atoms with Crippen molar-refractivity contribution in [1.82, 2.24) is 5.16 Å². The van der Waals surface area contributed by atoms with Gasteiger partial charge in [0.25, 0.3) is 0 Å². The van der Waals surface area contributed by atoms with Crippen LogP contribution in [0.5, 0.6) is 0 Å². The van der Waals surface area contributed by atoms with Gasteiger partial charge >= 0.3 is 0 Å². The molecule has 80 valence electrons. The van der Waals surface area contributed by atoms with Gasteiger partial charge in [-0.15, -0.1) is 11.3 Å². The number of thiophene rings is 1. The number of aliphatic hydroxyl groups excluding tert-OH is 1. The molecular formula is C12H9NO2S. The molecule has 0 spiro atoms. The molecule has 16 heavy (non-hydrogen) atoms. The lowest BCUT2D eigenvalue weighted by atomic mass is 10.1. The van der Waals surface area contributed by atoms with Gasteiger partial charge in [0.15, 0.2) is 5.58 Å². The zero-order valence-corrected chi connectivity index (χ0v) is 9.20. The molecule has 1 aliphatic rings. The average molecular weight is 231 g/mol. The number of hydrogen-bond donors (Lipinski definition) is 1. The van der Waals surface area contributed by atoms with Crippen LogP contribution in [0.2, 0.25) is 0 Å². The van der Waals surface area contributed by atoms with Crippen molar-refractivity contribution in [3.63, 3.8) is 0 Å². The minimum Gasteiger partial charge on any atom is -0.512 e. The molecule has 0 aliphatic heterocycles. The van der Waals surface area contributed by atoms with E-state index >= 15 is 0 Å². The lowest BCUT2D eigenvalue weighted by molar-refractivity contribution is 0.403. The maximum absolute atomic E-state index is 9.60. The molecule has 0 radical (unpaired) electrons. The fourth-order valence-corrected chi connectivity index (χ4v) is 2.53. The van der Waals surface area contributed by atoms with Gasteiger partial charge in [-0.05, 0) is 23.1 Å². The number of nitrogens with zero attached hydrogens (tertiary/aromatic N) is 1. The summed E-state index contributed by atoms with van der Waals surface area (Å²) in [5, 5.41) is 15.6. The summed E-state index contributed by atoms with van der Waals surface area (Å²) in [6.45, 7) is 0. The van der Waals surface area contributed by atoms with E-state index in [1.807, 2.05) is 29.7 Å². The molecule has 0 atom stereocenters. The predicted molar refractivity (Wildman–Crippen MR) is 64.3 cm³/mol. The van der Waals surface area contributed by atoms with Crippen LogP contribution in [0.15, 0.2) is 46.0 Å². The molecule has 1 aliphatic carbocycles. The zero-order valence-electron chi connectivity index (χ0n) is 8.38. The molecule has 0 unspecified atom stereocenters. The van der Waals surface area contributed by atoms with Crippen molar-refractivity contribution >= 4 is 27.2 Å². The van der Waals surface area contributed by atoms with Gasteiger partial charge in [0.1, 0.15) is 10.4 Å². The highest BCUT2D eigenvalue weighted by atomic mass is 32.1. The Balaban J connectivity index is 2.11. The second-order valence-corrected chi connectivity index (χ2v) is 4.47. The topological polar surface area (TPSA) is 46.3 Å². The Kier molecular flexibility index (Phi) is 2.15. The molecule has 2 aromatic heterocycles. The maximum atomic E-state index is 9.60. The Morgan fingerprint density at radius 3 is 3.12 bits per heavy atom. The lowest BCUT2D eigenvalue weighted by Crippen LogP contribution is -1.87. The molecule has 3 rings (SSSR count). The van der Waals surface area contributed by atoms with E-state index in [0.717, 1.165) is 21.5 Å².